The predicted octanol–water partition coefficient (Wildman–Crippen LogP) is 2.50. The number of carboxylic acid groups (broad SMARTS) is 1. The van der Waals surface area contributed by atoms with Gasteiger partial charge in [0.2, 0.25) is 0 Å². The van der Waals surface area contributed by atoms with Gasteiger partial charge in [-0.15, -0.1) is 11.8 Å². The van der Waals surface area contributed by atoms with Crippen LogP contribution in [0.25, 0.3) is 0 Å². The van der Waals surface area contributed by atoms with E-state index in [4.69, 9.17) is 0 Å². The third-order valence-electron chi connectivity index (χ3n) is 4.24. The van der Waals surface area contributed by atoms with Crippen molar-refractivity contribution >= 4 is 17.7 Å². The van der Waals surface area contributed by atoms with Crippen molar-refractivity contribution in [1.82, 2.24) is 4.90 Å². The number of thioether (sulfide) groups is 1. The molecule has 1 aromatic rings. The molecule has 2 unspecified atom stereocenters. The lowest BCUT2D eigenvalue weighted by Crippen LogP contribution is -2.34. The zero-order chi connectivity index (χ0) is 13.5. The van der Waals surface area contributed by atoms with E-state index in [0.717, 1.165) is 25.9 Å². The van der Waals surface area contributed by atoms with Crippen molar-refractivity contribution in [2.24, 2.45) is 5.41 Å². The fourth-order valence-corrected chi connectivity index (χ4v) is 4.40. The molecule has 0 amide bonds. The number of hydrogen-bond donors (Lipinski definition) is 1. The summed E-state index contributed by atoms with van der Waals surface area (Å²) in [6, 6.07) is 8.57. The maximum Gasteiger partial charge on any atom is 0.310 e. The van der Waals surface area contributed by atoms with Gasteiger partial charge in [-0.3, -0.25) is 4.79 Å². The van der Waals surface area contributed by atoms with Crippen LogP contribution in [0.1, 0.15) is 18.9 Å². The van der Waals surface area contributed by atoms with Crippen LogP contribution in [0.4, 0.5) is 0 Å². The molecule has 2 aliphatic rings. The van der Waals surface area contributed by atoms with E-state index in [1.54, 1.807) is 0 Å². The van der Waals surface area contributed by atoms with E-state index in [-0.39, 0.29) is 0 Å². The van der Waals surface area contributed by atoms with Crippen molar-refractivity contribution in [3.8, 4) is 0 Å². The monoisotopic (exact) mass is 277 g/mol. The van der Waals surface area contributed by atoms with Crippen molar-refractivity contribution in [2.75, 3.05) is 19.6 Å². The third kappa shape index (κ3) is 2.51. The maximum atomic E-state index is 11.3. The van der Waals surface area contributed by atoms with E-state index in [1.165, 1.54) is 10.5 Å². The standard InChI is InChI=1S/C15H19NO2S/c1-15(14(17)18)6-7-16(10-15)9-12-8-11-4-2-3-5-13(11)19-12/h2-5,12H,6-10H2,1H3,(H,17,18). The molecule has 1 saturated heterocycles. The minimum absolute atomic E-state index is 0.546. The van der Waals surface area contributed by atoms with E-state index in [2.05, 4.69) is 29.2 Å². The minimum atomic E-state index is -0.655. The molecule has 2 atom stereocenters. The molecular weight excluding hydrogens is 258 g/mol. The Morgan fingerprint density at radius 2 is 2.32 bits per heavy atom. The lowest BCUT2D eigenvalue weighted by molar-refractivity contribution is -0.147. The van der Waals surface area contributed by atoms with Gasteiger partial charge in [0.1, 0.15) is 0 Å². The average Bonchev–Trinajstić information content (AvgIpc) is 2.93. The molecule has 0 bridgehead atoms. The number of aliphatic carboxylic acids is 1. The van der Waals surface area contributed by atoms with Crippen molar-refractivity contribution in [3.63, 3.8) is 0 Å². The average molecular weight is 277 g/mol. The Morgan fingerprint density at radius 1 is 1.53 bits per heavy atom. The summed E-state index contributed by atoms with van der Waals surface area (Å²) in [7, 11) is 0. The number of hydrogen-bond acceptors (Lipinski definition) is 3. The van der Waals surface area contributed by atoms with Gasteiger partial charge in [0, 0.05) is 23.2 Å². The van der Waals surface area contributed by atoms with Crippen LogP contribution in [0, 0.1) is 5.41 Å². The van der Waals surface area contributed by atoms with Gasteiger partial charge in [0.25, 0.3) is 0 Å². The number of nitrogens with zero attached hydrogens (tertiary/aromatic N) is 1. The molecule has 0 radical (unpaired) electrons. The summed E-state index contributed by atoms with van der Waals surface area (Å²) in [6.07, 6.45) is 1.88. The Bertz CT molecular complexity index is 480. The highest BCUT2D eigenvalue weighted by Gasteiger charge is 2.41. The van der Waals surface area contributed by atoms with Crippen molar-refractivity contribution < 1.29 is 9.90 Å². The normalized spacial score (nSPS) is 30.5. The Morgan fingerprint density at radius 3 is 3.00 bits per heavy atom. The summed E-state index contributed by atoms with van der Waals surface area (Å²) < 4.78 is 0. The van der Waals surface area contributed by atoms with Gasteiger partial charge in [0.15, 0.2) is 0 Å². The number of benzene rings is 1. The lowest BCUT2D eigenvalue weighted by atomic mass is 9.90. The van der Waals surface area contributed by atoms with Crippen LogP contribution in [0.3, 0.4) is 0 Å². The van der Waals surface area contributed by atoms with E-state index >= 15 is 0 Å². The summed E-state index contributed by atoms with van der Waals surface area (Å²) in [5, 5.41) is 9.84. The highest BCUT2D eigenvalue weighted by molar-refractivity contribution is 8.00. The quantitative estimate of drug-likeness (QED) is 0.921. The Hall–Kier alpha value is -1.00. The van der Waals surface area contributed by atoms with Gasteiger partial charge in [-0.1, -0.05) is 18.2 Å². The molecule has 2 aliphatic heterocycles. The molecular formula is C15H19NO2S. The summed E-state index contributed by atoms with van der Waals surface area (Å²) in [4.78, 5) is 15.0. The second-order valence-corrected chi connectivity index (χ2v) is 7.24. The van der Waals surface area contributed by atoms with Gasteiger partial charge < -0.3 is 10.0 Å². The smallest absolute Gasteiger partial charge is 0.310 e. The van der Waals surface area contributed by atoms with Crippen LogP contribution in [0.5, 0.6) is 0 Å². The van der Waals surface area contributed by atoms with Crippen LogP contribution < -0.4 is 0 Å². The number of likely N-dealkylation sites (tertiary alicyclic amines) is 1. The van der Waals surface area contributed by atoms with Crippen LogP contribution in [0.15, 0.2) is 29.2 Å². The van der Waals surface area contributed by atoms with E-state index in [0.29, 0.717) is 11.8 Å². The summed E-state index contributed by atoms with van der Waals surface area (Å²) in [5.41, 5.74) is 0.897. The number of rotatable bonds is 3. The topological polar surface area (TPSA) is 40.5 Å². The second-order valence-electron chi connectivity index (χ2n) is 5.90. The number of fused-ring (bicyclic) bond motifs is 1. The summed E-state index contributed by atoms with van der Waals surface area (Å²) >= 11 is 1.94. The molecule has 1 fully saturated rings. The van der Waals surface area contributed by atoms with Crippen molar-refractivity contribution in [1.29, 1.82) is 0 Å². The highest BCUT2D eigenvalue weighted by atomic mass is 32.2. The van der Waals surface area contributed by atoms with E-state index < -0.39 is 11.4 Å². The van der Waals surface area contributed by atoms with Crippen LogP contribution in [-0.2, 0) is 11.2 Å². The number of carboxylic acids is 1. The predicted molar refractivity (Wildman–Crippen MR) is 76.6 cm³/mol. The van der Waals surface area contributed by atoms with Gasteiger partial charge >= 0.3 is 5.97 Å². The molecule has 1 N–H and O–H groups in total. The molecule has 2 heterocycles. The van der Waals surface area contributed by atoms with E-state index in [9.17, 15) is 9.90 Å². The maximum absolute atomic E-state index is 11.3. The van der Waals surface area contributed by atoms with Crippen molar-refractivity contribution in [2.45, 2.75) is 29.9 Å². The fraction of sp³-hybridized carbons (Fsp3) is 0.533. The molecule has 3 rings (SSSR count). The molecule has 1 aromatic carbocycles. The summed E-state index contributed by atoms with van der Waals surface area (Å²) in [6.45, 7) is 4.47. The zero-order valence-corrected chi connectivity index (χ0v) is 11.9. The molecule has 19 heavy (non-hydrogen) atoms. The minimum Gasteiger partial charge on any atom is -0.481 e. The summed E-state index contributed by atoms with van der Waals surface area (Å²) in [5.74, 6) is -0.655. The van der Waals surface area contributed by atoms with Gasteiger partial charge in [-0.05, 0) is 37.9 Å². The molecule has 0 aliphatic carbocycles. The molecule has 0 saturated carbocycles. The fourth-order valence-electron chi connectivity index (χ4n) is 3.03. The van der Waals surface area contributed by atoms with Crippen LogP contribution in [0.2, 0.25) is 0 Å². The van der Waals surface area contributed by atoms with Crippen LogP contribution in [-0.4, -0.2) is 40.9 Å². The van der Waals surface area contributed by atoms with Gasteiger partial charge in [-0.25, -0.2) is 0 Å². The third-order valence-corrected chi connectivity index (χ3v) is 5.55. The largest absolute Gasteiger partial charge is 0.481 e. The Kier molecular flexibility index (Phi) is 3.31. The second kappa shape index (κ2) is 4.84. The molecule has 4 heteroatoms. The molecule has 3 nitrogen and oxygen atoms in total. The lowest BCUT2D eigenvalue weighted by Gasteiger charge is -2.22. The Labute approximate surface area is 118 Å². The first-order valence-corrected chi connectivity index (χ1v) is 7.65. The first kappa shape index (κ1) is 13.0. The Balaban J connectivity index is 1.59. The zero-order valence-electron chi connectivity index (χ0n) is 11.1. The molecule has 0 aromatic heterocycles. The first-order valence-electron chi connectivity index (χ1n) is 6.77. The number of carbonyl (C=O) groups is 1. The first-order chi connectivity index (χ1) is 9.07. The molecule has 102 valence electrons. The van der Waals surface area contributed by atoms with Gasteiger partial charge in [0.05, 0.1) is 5.41 Å². The van der Waals surface area contributed by atoms with Crippen LogP contribution >= 0.6 is 11.8 Å². The highest BCUT2D eigenvalue weighted by Crippen LogP contribution is 2.38. The SMILES string of the molecule is CC1(C(=O)O)CCN(CC2Cc3ccccc3S2)C1. The molecule has 0 spiro atoms. The van der Waals surface area contributed by atoms with E-state index in [1.807, 2.05) is 18.7 Å². The van der Waals surface area contributed by atoms with Gasteiger partial charge in [-0.2, -0.15) is 0 Å². The van der Waals surface area contributed by atoms with Crippen molar-refractivity contribution in [3.05, 3.63) is 29.8 Å².